The van der Waals surface area contributed by atoms with Crippen LogP contribution in [0.5, 0.6) is 11.5 Å². The number of hydrogen-bond donors (Lipinski definition) is 2. The standard InChI is InChI=1S/C46H66N4O9S2/c1-12-13-14-40(52)57-41-35-26-45(7,8)24-23-38(35)60-42(41)48-39(51)27-47-32-17-15-31(16-18-32)25-36-37(58-46(9,10)50(36)43(53)59-44(4,5)6)29-49(28-30(2)3)61(54,55)34-21-19-33(56-11)20-22-34/h15-22,30,36-37,47H,12-14,23-29H2,1-11H3,(H,48,51)/t36-,37+/m0/s1. The number of hydrogen-bond acceptors (Lipinski definition) is 11. The van der Waals surface area contributed by atoms with Gasteiger partial charge in [0.05, 0.1) is 30.7 Å². The maximum Gasteiger partial charge on any atom is 0.412 e. The fraction of sp³-hybridized carbons (Fsp3) is 0.587. The molecule has 2 heterocycles. The maximum absolute atomic E-state index is 14.2. The van der Waals surface area contributed by atoms with Crippen molar-refractivity contribution in [2.24, 2.45) is 11.3 Å². The zero-order valence-electron chi connectivity index (χ0n) is 37.8. The van der Waals surface area contributed by atoms with Crippen LogP contribution in [0.2, 0.25) is 0 Å². The first-order valence-corrected chi connectivity index (χ1v) is 23.6. The van der Waals surface area contributed by atoms with E-state index in [2.05, 4.69) is 24.5 Å². The predicted octanol–water partition coefficient (Wildman–Crippen LogP) is 9.05. The summed E-state index contributed by atoms with van der Waals surface area (Å²) in [5, 5.41) is 6.77. The Balaban J connectivity index is 1.33. The smallest absolute Gasteiger partial charge is 0.412 e. The molecule has 2 atom stereocenters. The lowest BCUT2D eigenvalue weighted by atomic mass is 9.77. The minimum Gasteiger partial charge on any atom is -0.497 e. The number of nitrogens with zero attached hydrogens (tertiary/aromatic N) is 2. The van der Waals surface area contributed by atoms with Gasteiger partial charge in [-0.2, -0.15) is 4.31 Å². The molecule has 1 fully saturated rings. The van der Waals surface area contributed by atoms with E-state index in [0.717, 1.165) is 48.1 Å². The lowest BCUT2D eigenvalue weighted by Crippen LogP contribution is -2.52. The fourth-order valence-electron chi connectivity index (χ4n) is 7.82. The highest BCUT2D eigenvalue weighted by molar-refractivity contribution is 7.89. The lowest BCUT2D eigenvalue weighted by Gasteiger charge is -2.35. The third-order valence-corrected chi connectivity index (χ3v) is 13.8. The molecule has 0 bridgehead atoms. The van der Waals surface area contributed by atoms with Crippen molar-refractivity contribution in [3.63, 3.8) is 0 Å². The van der Waals surface area contributed by atoms with Crippen molar-refractivity contribution in [2.75, 3.05) is 37.4 Å². The Morgan fingerprint density at radius 1 is 1.03 bits per heavy atom. The number of benzene rings is 2. The summed E-state index contributed by atoms with van der Waals surface area (Å²) in [7, 11) is -2.44. The van der Waals surface area contributed by atoms with Gasteiger partial charge >= 0.3 is 12.1 Å². The summed E-state index contributed by atoms with van der Waals surface area (Å²) in [6.45, 7) is 19.6. The molecule has 15 heteroatoms. The summed E-state index contributed by atoms with van der Waals surface area (Å²) < 4.78 is 53.4. The lowest BCUT2D eigenvalue weighted by molar-refractivity contribution is -0.134. The van der Waals surface area contributed by atoms with E-state index in [1.807, 2.05) is 45.0 Å². The molecule has 2 amide bonds. The van der Waals surface area contributed by atoms with Gasteiger partial charge in [0, 0.05) is 35.6 Å². The Bertz CT molecular complexity index is 2110. The van der Waals surface area contributed by atoms with E-state index >= 15 is 0 Å². The molecule has 1 aromatic heterocycles. The molecular formula is C46H66N4O9S2. The van der Waals surface area contributed by atoms with Crippen molar-refractivity contribution in [1.29, 1.82) is 0 Å². The summed E-state index contributed by atoms with van der Waals surface area (Å²) in [6.07, 6.45) is 3.68. The largest absolute Gasteiger partial charge is 0.497 e. The van der Waals surface area contributed by atoms with Gasteiger partial charge < -0.3 is 29.6 Å². The summed E-state index contributed by atoms with van der Waals surface area (Å²) in [5.41, 5.74) is 0.753. The Hall–Kier alpha value is -4.18. The second-order valence-corrected chi connectivity index (χ2v) is 21.8. The molecule has 0 spiro atoms. The predicted molar refractivity (Wildman–Crippen MR) is 240 cm³/mol. The van der Waals surface area contributed by atoms with E-state index in [9.17, 15) is 22.8 Å². The molecule has 3 aromatic rings. The molecule has 0 radical (unpaired) electrons. The Morgan fingerprint density at radius 2 is 1.70 bits per heavy atom. The van der Waals surface area contributed by atoms with Gasteiger partial charge in [-0.15, -0.1) is 11.3 Å². The van der Waals surface area contributed by atoms with Gasteiger partial charge in [-0.25, -0.2) is 13.2 Å². The third kappa shape index (κ3) is 12.5. The minimum absolute atomic E-state index is 0.000665. The molecule has 1 saturated heterocycles. The second-order valence-electron chi connectivity index (χ2n) is 18.8. The molecule has 336 valence electrons. The number of sulfonamides is 1. The van der Waals surface area contributed by atoms with Crippen LogP contribution in [-0.4, -0.2) is 85.8 Å². The van der Waals surface area contributed by atoms with Crippen LogP contribution in [0, 0.1) is 11.3 Å². The van der Waals surface area contributed by atoms with Gasteiger partial charge in [0.1, 0.15) is 22.1 Å². The number of ether oxygens (including phenoxy) is 4. The van der Waals surface area contributed by atoms with Gasteiger partial charge in [-0.3, -0.25) is 14.5 Å². The first-order chi connectivity index (χ1) is 28.5. The number of esters is 1. The zero-order valence-corrected chi connectivity index (χ0v) is 39.4. The van der Waals surface area contributed by atoms with Crippen LogP contribution in [0.4, 0.5) is 15.5 Å². The van der Waals surface area contributed by atoms with Gasteiger partial charge in [0.15, 0.2) is 5.75 Å². The monoisotopic (exact) mass is 882 g/mol. The first kappa shape index (κ1) is 47.9. The van der Waals surface area contributed by atoms with E-state index in [-0.39, 0.29) is 47.7 Å². The molecule has 1 aliphatic heterocycles. The van der Waals surface area contributed by atoms with E-state index < -0.39 is 39.6 Å². The fourth-order valence-corrected chi connectivity index (χ4v) is 10.6. The number of methoxy groups -OCH3 is 1. The normalized spacial score (nSPS) is 18.5. The van der Waals surface area contributed by atoms with Crippen molar-refractivity contribution < 1.29 is 41.7 Å². The highest BCUT2D eigenvalue weighted by Crippen LogP contribution is 2.48. The van der Waals surface area contributed by atoms with E-state index in [1.54, 1.807) is 51.7 Å². The minimum atomic E-state index is -3.96. The average molecular weight is 883 g/mol. The summed E-state index contributed by atoms with van der Waals surface area (Å²) in [6, 6.07) is 13.3. The number of amides is 2. The number of carbonyl (C=O) groups is 3. The number of nitrogens with one attached hydrogen (secondary N) is 2. The summed E-state index contributed by atoms with van der Waals surface area (Å²) >= 11 is 1.48. The number of anilines is 2. The number of carbonyl (C=O) groups excluding carboxylic acids is 3. The molecule has 13 nitrogen and oxygen atoms in total. The van der Waals surface area contributed by atoms with Gasteiger partial charge in [-0.1, -0.05) is 53.2 Å². The molecule has 1 aliphatic carbocycles. The van der Waals surface area contributed by atoms with Gasteiger partial charge in [0.25, 0.3) is 0 Å². The van der Waals surface area contributed by atoms with Crippen LogP contribution >= 0.6 is 11.3 Å². The van der Waals surface area contributed by atoms with Crippen molar-refractivity contribution >= 4 is 50.0 Å². The van der Waals surface area contributed by atoms with Crippen molar-refractivity contribution in [3.8, 4) is 11.5 Å². The molecular weight excluding hydrogens is 817 g/mol. The molecule has 2 aromatic carbocycles. The van der Waals surface area contributed by atoms with Crippen molar-refractivity contribution in [3.05, 3.63) is 64.5 Å². The SMILES string of the molecule is CCCCC(=O)Oc1c(NC(=O)CNc2ccc(C[C@H]3[C@@H](CN(CC(C)C)S(=O)(=O)c4ccc(OC)cc4)OC(C)(C)N3C(=O)OC(C)(C)C)cc2)sc2c1CC(C)(C)CC2. The Morgan fingerprint density at radius 3 is 2.31 bits per heavy atom. The highest BCUT2D eigenvalue weighted by atomic mass is 32.2. The van der Waals surface area contributed by atoms with E-state index in [4.69, 9.17) is 18.9 Å². The van der Waals surface area contributed by atoms with Gasteiger partial charge in [0.2, 0.25) is 15.9 Å². The Labute approximate surface area is 366 Å². The van der Waals surface area contributed by atoms with Crippen LogP contribution in [0.25, 0.3) is 0 Å². The first-order valence-electron chi connectivity index (χ1n) is 21.3. The molecule has 2 N–H and O–H groups in total. The van der Waals surface area contributed by atoms with Crippen molar-refractivity contribution in [1.82, 2.24) is 9.21 Å². The molecule has 0 unspecified atom stereocenters. The summed E-state index contributed by atoms with van der Waals surface area (Å²) in [4.78, 5) is 42.9. The molecule has 61 heavy (non-hydrogen) atoms. The molecule has 2 aliphatic rings. The number of unbranched alkanes of at least 4 members (excludes halogenated alkanes) is 1. The maximum atomic E-state index is 14.2. The van der Waals surface area contributed by atoms with Gasteiger partial charge in [-0.05, 0) is 120 Å². The number of fused-ring (bicyclic) bond motifs is 1. The number of thiophene rings is 1. The van der Waals surface area contributed by atoms with Crippen LogP contribution in [-0.2, 0) is 48.3 Å². The Kier molecular flexibility index (Phi) is 15.3. The highest BCUT2D eigenvalue weighted by Gasteiger charge is 2.52. The zero-order chi connectivity index (χ0) is 44.9. The van der Waals surface area contributed by atoms with Crippen LogP contribution in [0.1, 0.15) is 111 Å². The van der Waals surface area contributed by atoms with Crippen LogP contribution in [0.3, 0.4) is 0 Å². The third-order valence-electron chi connectivity index (χ3n) is 10.8. The van der Waals surface area contributed by atoms with E-state index in [0.29, 0.717) is 35.0 Å². The van der Waals surface area contributed by atoms with E-state index in [1.165, 1.54) is 34.9 Å². The number of aryl methyl sites for hydroxylation is 1. The van der Waals surface area contributed by atoms with Crippen LogP contribution < -0.4 is 20.1 Å². The average Bonchev–Trinajstić information content (AvgIpc) is 3.62. The van der Waals surface area contributed by atoms with Crippen LogP contribution in [0.15, 0.2) is 53.4 Å². The quantitative estimate of drug-likeness (QED) is 0.126. The summed E-state index contributed by atoms with van der Waals surface area (Å²) in [5.74, 6) is 0.464. The second kappa shape index (κ2) is 19.5. The van der Waals surface area contributed by atoms with Crippen molar-refractivity contribution in [2.45, 2.75) is 143 Å². The molecule has 0 saturated carbocycles. The molecule has 5 rings (SSSR count). The number of rotatable bonds is 17. The topological polar surface area (TPSA) is 153 Å².